The number of nitrogens with one attached hydrogen (secondary N) is 1. The summed E-state index contributed by atoms with van der Waals surface area (Å²) >= 11 is 2.94. The van der Waals surface area contributed by atoms with Gasteiger partial charge in [-0.15, -0.1) is 11.3 Å². The zero-order valence-electron chi connectivity index (χ0n) is 22.2. The van der Waals surface area contributed by atoms with E-state index in [1.807, 2.05) is 26.2 Å². The summed E-state index contributed by atoms with van der Waals surface area (Å²) in [5.41, 5.74) is 8.44. The van der Waals surface area contributed by atoms with E-state index in [9.17, 15) is 14.9 Å². The minimum absolute atomic E-state index is 0.109. The summed E-state index contributed by atoms with van der Waals surface area (Å²) in [5.74, 6) is 0.470. The first-order valence-corrected chi connectivity index (χ1v) is 14.1. The van der Waals surface area contributed by atoms with Gasteiger partial charge in [-0.2, -0.15) is 5.26 Å². The van der Waals surface area contributed by atoms with Crippen LogP contribution in [0.5, 0.6) is 0 Å². The van der Waals surface area contributed by atoms with E-state index in [1.165, 1.54) is 18.7 Å². The lowest BCUT2D eigenvalue weighted by Crippen LogP contribution is -2.50. The van der Waals surface area contributed by atoms with Crippen molar-refractivity contribution in [1.29, 1.82) is 5.26 Å². The van der Waals surface area contributed by atoms with Crippen LogP contribution < -0.4 is 16.0 Å². The largest absolute Gasteiger partial charge is 0.444 e. The van der Waals surface area contributed by atoms with Crippen LogP contribution in [-0.2, 0) is 15.3 Å². The van der Waals surface area contributed by atoms with Gasteiger partial charge in [0.05, 0.1) is 11.4 Å². The molecule has 3 heterocycles. The van der Waals surface area contributed by atoms with Gasteiger partial charge in [-0.1, -0.05) is 23.9 Å². The fraction of sp³-hybridized carbons (Fsp3) is 0.385. The summed E-state index contributed by atoms with van der Waals surface area (Å²) in [6.45, 7) is 9.53. The second-order valence-corrected chi connectivity index (χ2v) is 11.6. The number of carbonyl (C=O) groups is 2. The number of nitrogens with two attached hydrogens (primary N) is 1. The fourth-order valence-electron chi connectivity index (χ4n) is 3.81. The Morgan fingerprint density at radius 1 is 1.15 bits per heavy atom. The van der Waals surface area contributed by atoms with Crippen LogP contribution in [0.2, 0.25) is 0 Å². The molecule has 1 aliphatic heterocycles. The molecule has 2 aromatic heterocycles. The van der Waals surface area contributed by atoms with Crippen LogP contribution in [0.3, 0.4) is 0 Å². The maximum Gasteiger partial charge on any atom is 0.410 e. The lowest BCUT2D eigenvalue weighted by molar-refractivity contribution is -0.114. The fourth-order valence-corrected chi connectivity index (χ4v) is 5.54. The van der Waals surface area contributed by atoms with Gasteiger partial charge in [-0.3, -0.25) is 4.79 Å². The van der Waals surface area contributed by atoms with Crippen LogP contribution in [0.15, 0.2) is 34.8 Å². The molecule has 39 heavy (non-hydrogen) atoms. The lowest BCUT2D eigenvalue weighted by atomic mass is 10.1. The number of hydrogen-bond donors (Lipinski definition) is 2. The number of ether oxygens (including phenoxy) is 1. The molecular formula is C26H30N8O3S2. The average Bonchev–Trinajstić information content (AvgIpc) is 3.35. The molecule has 11 nitrogen and oxygen atoms in total. The number of nitrogens with zero attached hydrogens (tertiary/aromatic N) is 6. The van der Waals surface area contributed by atoms with Gasteiger partial charge in [0, 0.05) is 55.5 Å². The van der Waals surface area contributed by atoms with Gasteiger partial charge < -0.3 is 25.6 Å². The number of piperazine rings is 1. The van der Waals surface area contributed by atoms with Crippen molar-refractivity contribution >= 4 is 51.7 Å². The van der Waals surface area contributed by atoms with Crippen molar-refractivity contribution in [2.45, 2.75) is 44.2 Å². The maximum atomic E-state index is 12.3. The molecule has 0 radical (unpaired) electrons. The normalized spacial score (nSPS) is 13.6. The second-order valence-electron chi connectivity index (χ2n) is 9.85. The number of benzene rings is 1. The number of aromatic nitrogens is 3. The van der Waals surface area contributed by atoms with Crippen LogP contribution in [0.4, 0.5) is 21.4 Å². The molecule has 0 aliphatic carbocycles. The number of thioether (sulfide) groups is 1. The van der Waals surface area contributed by atoms with Crippen molar-refractivity contribution < 1.29 is 14.3 Å². The van der Waals surface area contributed by atoms with Crippen LogP contribution in [-0.4, -0.2) is 63.6 Å². The molecule has 0 spiro atoms. The predicted octanol–water partition coefficient (Wildman–Crippen LogP) is 4.36. The molecule has 3 N–H and O–H groups in total. The quantitative estimate of drug-likeness (QED) is 0.325. The van der Waals surface area contributed by atoms with Gasteiger partial charge in [-0.25, -0.2) is 19.7 Å². The van der Waals surface area contributed by atoms with Gasteiger partial charge in [0.25, 0.3) is 0 Å². The molecule has 1 aromatic carbocycles. The number of nitriles is 1. The first kappa shape index (κ1) is 28.1. The minimum Gasteiger partial charge on any atom is -0.444 e. The smallest absolute Gasteiger partial charge is 0.410 e. The highest BCUT2D eigenvalue weighted by molar-refractivity contribution is 7.98. The van der Waals surface area contributed by atoms with E-state index >= 15 is 0 Å². The first-order chi connectivity index (χ1) is 18.5. The number of carbonyl (C=O) groups excluding carboxylic acids is 2. The number of nitrogen functional groups attached to an aromatic ring is 1. The van der Waals surface area contributed by atoms with Crippen LogP contribution in [0.1, 0.15) is 39.0 Å². The Labute approximate surface area is 235 Å². The molecule has 13 heteroatoms. The van der Waals surface area contributed by atoms with E-state index in [-0.39, 0.29) is 23.4 Å². The molecule has 1 saturated heterocycles. The van der Waals surface area contributed by atoms with E-state index in [1.54, 1.807) is 40.5 Å². The standard InChI is InChI=1S/C26H30N8O3S2/c1-16(35)29-18-7-5-17(6-8-18)21-20(13-27)22(28)32-23(31-21)38-14-19-15-39-24(30-19)33-9-11-34(12-10-33)25(36)37-26(2,3)4/h5-8,15H,9-12,14H2,1-4H3,(H,29,35)(H2,28,31,32). The molecule has 0 saturated carbocycles. The maximum absolute atomic E-state index is 12.3. The van der Waals surface area contributed by atoms with E-state index in [0.29, 0.717) is 54.0 Å². The van der Waals surface area contributed by atoms with E-state index in [4.69, 9.17) is 15.5 Å². The van der Waals surface area contributed by atoms with Crippen molar-refractivity contribution in [2.24, 2.45) is 0 Å². The molecular weight excluding hydrogens is 536 g/mol. The Morgan fingerprint density at radius 3 is 2.46 bits per heavy atom. The summed E-state index contributed by atoms with van der Waals surface area (Å²) < 4.78 is 5.47. The molecule has 2 amide bonds. The van der Waals surface area contributed by atoms with Crippen LogP contribution in [0.25, 0.3) is 11.3 Å². The Hall–Kier alpha value is -3.89. The van der Waals surface area contributed by atoms with Gasteiger partial charge in [0.1, 0.15) is 23.1 Å². The Kier molecular flexibility index (Phi) is 8.57. The third-order valence-corrected chi connectivity index (χ3v) is 7.43. The molecule has 0 bridgehead atoms. The summed E-state index contributed by atoms with van der Waals surface area (Å²) in [6.07, 6.45) is -0.289. The Morgan fingerprint density at radius 2 is 1.85 bits per heavy atom. The summed E-state index contributed by atoms with van der Waals surface area (Å²) in [5, 5.41) is 15.7. The Bertz CT molecular complexity index is 1390. The highest BCUT2D eigenvalue weighted by Gasteiger charge is 2.27. The molecule has 204 valence electrons. The number of anilines is 3. The first-order valence-electron chi connectivity index (χ1n) is 12.3. The van der Waals surface area contributed by atoms with Gasteiger partial charge in [0.2, 0.25) is 5.91 Å². The average molecular weight is 567 g/mol. The van der Waals surface area contributed by atoms with E-state index in [0.717, 1.165) is 10.8 Å². The van der Waals surface area contributed by atoms with Crippen molar-refractivity contribution in [1.82, 2.24) is 19.9 Å². The minimum atomic E-state index is -0.515. The van der Waals surface area contributed by atoms with E-state index in [2.05, 4.69) is 26.3 Å². The summed E-state index contributed by atoms with van der Waals surface area (Å²) in [4.78, 5) is 41.2. The van der Waals surface area contributed by atoms with Crippen LogP contribution in [0, 0.1) is 11.3 Å². The molecule has 0 unspecified atom stereocenters. The Balaban J connectivity index is 1.40. The zero-order chi connectivity index (χ0) is 28.2. The lowest BCUT2D eigenvalue weighted by Gasteiger charge is -2.35. The topological polar surface area (TPSA) is 150 Å². The van der Waals surface area contributed by atoms with Gasteiger partial charge >= 0.3 is 6.09 Å². The number of rotatable bonds is 6. The number of thiazole rings is 1. The number of amides is 2. The molecule has 4 rings (SSSR count). The highest BCUT2D eigenvalue weighted by atomic mass is 32.2. The molecule has 1 fully saturated rings. The summed E-state index contributed by atoms with van der Waals surface area (Å²) in [7, 11) is 0. The summed E-state index contributed by atoms with van der Waals surface area (Å²) in [6, 6.07) is 9.13. The third kappa shape index (κ3) is 7.36. The molecule has 0 atom stereocenters. The highest BCUT2D eigenvalue weighted by Crippen LogP contribution is 2.31. The molecule has 3 aromatic rings. The zero-order valence-corrected chi connectivity index (χ0v) is 23.9. The van der Waals surface area contributed by atoms with Crippen molar-refractivity contribution in [3.05, 3.63) is 40.9 Å². The van der Waals surface area contributed by atoms with Crippen molar-refractivity contribution in [3.63, 3.8) is 0 Å². The third-order valence-electron chi connectivity index (χ3n) is 5.60. The van der Waals surface area contributed by atoms with Gasteiger partial charge in [-0.05, 0) is 32.9 Å². The van der Waals surface area contributed by atoms with Crippen molar-refractivity contribution in [2.75, 3.05) is 42.1 Å². The van der Waals surface area contributed by atoms with Crippen molar-refractivity contribution in [3.8, 4) is 17.3 Å². The number of hydrogen-bond acceptors (Lipinski definition) is 11. The SMILES string of the molecule is CC(=O)Nc1ccc(-c2nc(SCc3csc(N4CCN(C(=O)OC(C)(C)C)CC4)n3)nc(N)c2C#N)cc1. The second kappa shape index (κ2) is 11.9. The predicted molar refractivity (Wildman–Crippen MR) is 153 cm³/mol. The van der Waals surface area contributed by atoms with Crippen LogP contribution >= 0.6 is 23.1 Å². The van der Waals surface area contributed by atoms with Gasteiger partial charge in [0.15, 0.2) is 10.3 Å². The molecule has 1 aliphatic rings. The van der Waals surface area contributed by atoms with E-state index < -0.39 is 5.60 Å². The monoisotopic (exact) mass is 566 g/mol.